The molecule has 0 fully saturated rings. The van der Waals surface area contributed by atoms with Crippen molar-refractivity contribution in [2.75, 3.05) is 20.1 Å². The normalized spacial score (nSPS) is 12.7. The van der Waals surface area contributed by atoms with Gasteiger partial charge in [0.2, 0.25) is 0 Å². The maximum atomic E-state index is 2.59. The van der Waals surface area contributed by atoms with Crippen molar-refractivity contribution >= 4 is 0 Å². The van der Waals surface area contributed by atoms with Crippen LogP contribution in [0.2, 0.25) is 0 Å². The number of rotatable bonds is 23. The molecule has 0 saturated carbocycles. The molecule has 0 bridgehead atoms. The first-order valence-electron chi connectivity index (χ1n) is 13.9. The molecule has 0 N–H and O–H groups in total. The lowest BCUT2D eigenvalue weighted by molar-refractivity contribution is -0.932. The molecular weight excluding hydrogens is 430 g/mol. The van der Waals surface area contributed by atoms with Gasteiger partial charge in [-0.2, -0.15) is 0 Å². The SMILES string of the molecule is CCCCCCCCCC(C)[N+](C)(CCCCCCCC)CCCCCCCC.[Br-]. The summed E-state index contributed by atoms with van der Waals surface area (Å²) in [5.41, 5.74) is 0. The number of hydrogen-bond acceptors (Lipinski definition) is 0. The lowest BCUT2D eigenvalue weighted by Gasteiger charge is -2.41. The van der Waals surface area contributed by atoms with Crippen LogP contribution in [-0.4, -0.2) is 30.7 Å². The van der Waals surface area contributed by atoms with Gasteiger partial charge in [-0.15, -0.1) is 0 Å². The highest BCUT2D eigenvalue weighted by Crippen LogP contribution is 2.21. The third-order valence-corrected chi connectivity index (χ3v) is 7.33. The maximum absolute atomic E-state index is 2.59. The fourth-order valence-electron chi connectivity index (χ4n) is 4.77. The summed E-state index contributed by atoms with van der Waals surface area (Å²) in [6.45, 7) is 12.3. The predicted octanol–water partition coefficient (Wildman–Crippen LogP) is 6.69. The van der Waals surface area contributed by atoms with Gasteiger partial charge in [0.1, 0.15) is 0 Å². The van der Waals surface area contributed by atoms with Crippen molar-refractivity contribution in [3.05, 3.63) is 0 Å². The third kappa shape index (κ3) is 19.1. The second kappa shape index (κ2) is 24.1. The summed E-state index contributed by atoms with van der Waals surface area (Å²) in [4.78, 5) is 0. The van der Waals surface area contributed by atoms with Gasteiger partial charge in [-0.25, -0.2) is 0 Å². The van der Waals surface area contributed by atoms with Gasteiger partial charge in [0.25, 0.3) is 0 Å². The zero-order chi connectivity index (χ0) is 21.6. The molecule has 0 aliphatic heterocycles. The summed E-state index contributed by atoms with van der Waals surface area (Å²) >= 11 is 0. The Kier molecular flexibility index (Phi) is 26.2. The van der Waals surface area contributed by atoms with Gasteiger partial charge in [0, 0.05) is 0 Å². The van der Waals surface area contributed by atoms with Gasteiger partial charge in [-0.1, -0.05) is 111 Å². The summed E-state index contributed by atoms with van der Waals surface area (Å²) in [6.07, 6.45) is 28.7. The number of hydrogen-bond donors (Lipinski definition) is 0. The Labute approximate surface area is 203 Å². The first-order valence-corrected chi connectivity index (χ1v) is 13.9. The summed E-state index contributed by atoms with van der Waals surface area (Å²) in [5, 5.41) is 0. The molecule has 184 valence electrons. The zero-order valence-electron chi connectivity index (χ0n) is 22.0. The molecule has 0 amide bonds. The van der Waals surface area contributed by atoms with Crippen LogP contribution >= 0.6 is 0 Å². The average molecular weight is 491 g/mol. The number of nitrogens with zero attached hydrogens (tertiary/aromatic N) is 1. The lowest BCUT2D eigenvalue weighted by atomic mass is 10.0. The molecule has 0 aliphatic carbocycles. The molecule has 0 radical (unpaired) electrons. The fourth-order valence-corrected chi connectivity index (χ4v) is 4.77. The molecule has 0 aliphatic rings. The summed E-state index contributed by atoms with van der Waals surface area (Å²) < 4.78 is 1.34. The molecule has 0 saturated heterocycles. The average Bonchev–Trinajstić information content (AvgIpc) is 2.72. The molecule has 0 heterocycles. The Hall–Kier alpha value is 0.440. The second-order valence-electron chi connectivity index (χ2n) is 10.2. The summed E-state index contributed by atoms with van der Waals surface area (Å²) in [7, 11) is 2.59. The second-order valence-corrected chi connectivity index (χ2v) is 10.2. The quantitative estimate of drug-likeness (QED) is 0.111. The Morgan fingerprint density at radius 3 is 1.13 bits per heavy atom. The molecular formula is C28H60BrN. The fraction of sp³-hybridized carbons (Fsp3) is 1.00. The van der Waals surface area contributed by atoms with Crippen LogP contribution in [-0.2, 0) is 0 Å². The molecule has 1 atom stereocenters. The summed E-state index contributed by atoms with van der Waals surface area (Å²) in [5.74, 6) is 0. The van der Waals surface area contributed by atoms with Gasteiger partial charge in [-0.05, 0) is 45.4 Å². The standard InChI is InChI=1S/C28H60N.BrH/c1-6-9-12-15-18-19-22-25-28(4)29(5,26-23-20-16-13-10-7-2)27-24-21-17-14-11-8-3;/h28H,6-27H2,1-5H3;1H/q+1;/p-1. The van der Waals surface area contributed by atoms with Crippen LogP contribution < -0.4 is 17.0 Å². The highest BCUT2D eigenvalue weighted by molar-refractivity contribution is 4.58. The van der Waals surface area contributed by atoms with E-state index in [1.54, 1.807) is 0 Å². The van der Waals surface area contributed by atoms with Crippen molar-refractivity contribution in [2.45, 2.75) is 162 Å². The van der Waals surface area contributed by atoms with E-state index in [0.717, 1.165) is 6.04 Å². The van der Waals surface area contributed by atoms with E-state index < -0.39 is 0 Å². The monoisotopic (exact) mass is 489 g/mol. The van der Waals surface area contributed by atoms with Gasteiger partial charge in [-0.3, -0.25) is 0 Å². The maximum Gasteiger partial charge on any atom is 0.0859 e. The lowest BCUT2D eigenvalue weighted by Crippen LogP contribution is -3.00. The minimum absolute atomic E-state index is 0. The molecule has 1 nitrogen and oxygen atoms in total. The van der Waals surface area contributed by atoms with Crippen molar-refractivity contribution < 1.29 is 21.5 Å². The molecule has 0 aromatic rings. The number of quaternary nitrogens is 1. The van der Waals surface area contributed by atoms with Crippen LogP contribution in [0.3, 0.4) is 0 Å². The Morgan fingerprint density at radius 2 is 0.767 bits per heavy atom. The van der Waals surface area contributed by atoms with E-state index in [1.807, 2.05) is 0 Å². The van der Waals surface area contributed by atoms with Crippen molar-refractivity contribution in [2.24, 2.45) is 0 Å². The molecule has 0 aromatic heterocycles. The van der Waals surface area contributed by atoms with E-state index >= 15 is 0 Å². The van der Waals surface area contributed by atoms with Crippen molar-refractivity contribution in [3.63, 3.8) is 0 Å². The largest absolute Gasteiger partial charge is 1.00 e. The molecule has 0 spiro atoms. The molecule has 30 heavy (non-hydrogen) atoms. The van der Waals surface area contributed by atoms with Crippen LogP contribution in [0.15, 0.2) is 0 Å². The first kappa shape index (κ1) is 32.6. The molecule has 1 unspecified atom stereocenters. The van der Waals surface area contributed by atoms with Gasteiger partial charge in [0.05, 0.1) is 26.2 Å². The number of unbranched alkanes of at least 4 members (excludes halogenated alkanes) is 16. The minimum atomic E-state index is 0. The highest BCUT2D eigenvalue weighted by Gasteiger charge is 2.27. The topological polar surface area (TPSA) is 0 Å². The third-order valence-electron chi connectivity index (χ3n) is 7.33. The molecule has 2 heteroatoms. The van der Waals surface area contributed by atoms with Crippen LogP contribution in [0.5, 0.6) is 0 Å². The van der Waals surface area contributed by atoms with E-state index in [1.165, 1.54) is 146 Å². The molecule has 0 aromatic carbocycles. The van der Waals surface area contributed by atoms with E-state index in [2.05, 4.69) is 34.7 Å². The van der Waals surface area contributed by atoms with Crippen LogP contribution in [0.1, 0.15) is 156 Å². The molecule has 0 rings (SSSR count). The summed E-state index contributed by atoms with van der Waals surface area (Å²) in [6, 6.07) is 0.844. The highest BCUT2D eigenvalue weighted by atomic mass is 79.9. The smallest absolute Gasteiger partial charge is 0.0859 e. The van der Waals surface area contributed by atoms with Gasteiger partial charge < -0.3 is 21.5 Å². The van der Waals surface area contributed by atoms with Crippen molar-refractivity contribution in [1.29, 1.82) is 0 Å². The number of halogens is 1. The van der Waals surface area contributed by atoms with E-state index in [0.29, 0.717) is 0 Å². The predicted molar refractivity (Wildman–Crippen MR) is 135 cm³/mol. The van der Waals surface area contributed by atoms with Gasteiger partial charge >= 0.3 is 0 Å². The van der Waals surface area contributed by atoms with Crippen LogP contribution in [0.25, 0.3) is 0 Å². The zero-order valence-corrected chi connectivity index (χ0v) is 23.5. The van der Waals surface area contributed by atoms with Crippen LogP contribution in [0.4, 0.5) is 0 Å². The van der Waals surface area contributed by atoms with Crippen molar-refractivity contribution in [3.8, 4) is 0 Å². The van der Waals surface area contributed by atoms with Crippen molar-refractivity contribution in [1.82, 2.24) is 0 Å². The van der Waals surface area contributed by atoms with Crippen LogP contribution in [0, 0.1) is 0 Å². The van der Waals surface area contributed by atoms with Gasteiger partial charge in [0.15, 0.2) is 0 Å². The Balaban J connectivity index is 0. The minimum Gasteiger partial charge on any atom is -1.00 e. The van der Waals surface area contributed by atoms with E-state index in [9.17, 15) is 0 Å². The Bertz CT molecular complexity index is 302. The Morgan fingerprint density at radius 1 is 0.467 bits per heavy atom. The first-order chi connectivity index (χ1) is 14.1. The van der Waals surface area contributed by atoms with E-state index in [-0.39, 0.29) is 17.0 Å². The van der Waals surface area contributed by atoms with E-state index in [4.69, 9.17) is 0 Å².